The lowest BCUT2D eigenvalue weighted by atomic mass is 9.85. The average molecular weight is 678 g/mol. The molecule has 48 heavy (non-hydrogen) atoms. The molecule has 2 rings (SSSR count). The first-order valence-corrected chi connectivity index (χ1v) is 18.2. The number of carbonyl (C=O) groups excluding carboxylic acids is 3. The quantitative estimate of drug-likeness (QED) is 0.0561. The van der Waals surface area contributed by atoms with Gasteiger partial charge in [0.15, 0.2) is 0 Å². The zero-order valence-corrected chi connectivity index (χ0v) is 30.4. The van der Waals surface area contributed by atoms with Gasteiger partial charge in [-0.3, -0.25) is 14.4 Å². The fourth-order valence-corrected chi connectivity index (χ4v) is 7.18. The van der Waals surface area contributed by atoms with Crippen molar-refractivity contribution in [2.75, 3.05) is 20.8 Å². The van der Waals surface area contributed by atoms with Gasteiger partial charge in [-0.05, 0) is 103 Å². The number of ether oxygens (including phenoxy) is 2. The second-order valence-electron chi connectivity index (χ2n) is 14.4. The summed E-state index contributed by atoms with van der Waals surface area (Å²) in [6.07, 6.45) is 17.4. The first-order chi connectivity index (χ1) is 22.7. The Bertz CT molecular complexity index is 1110. The van der Waals surface area contributed by atoms with Gasteiger partial charge in [-0.1, -0.05) is 50.0 Å². The molecule has 0 aromatic heterocycles. The predicted molar refractivity (Wildman–Crippen MR) is 185 cm³/mol. The maximum atomic E-state index is 12.8. The van der Waals surface area contributed by atoms with E-state index in [1.165, 1.54) is 32.4 Å². The number of Topliss-reactive ketones (excluding diaryl/α,β-unsaturated/α-hetero) is 2. The van der Waals surface area contributed by atoms with Crippen molar-refractivity contribution in [3.63, 3.8) is 0 Å². The summed E-state index contributed by atoms with van der Waals surface area (Å²) >= 11 is 0. The number of carbonyl (C=O) groups is 4. The number of aliphatic hydroxyl groups is 2. The summed E-state index contributed by atoms with van der Waals surface area (Å²) in [6, 6.07) is -1.15. The number of unbranched alkanes of at least 4 members (excludes halogenated alkanes) is 2. The van der Waals surface area contributed by atoms with E-state index in [4.69, 9.17) is 9.47 Å². The summed E-state index contributed by atoms with van der Waals surface area (Å²) in [5.41, 5.74) is 2.57. The number of hydrogen-bond acceptors (Lipinski definition) is 8. The number of methoxy groups -OCH3 is 2. The predicted octanol–water partition coefficient (Wildman–Crippen LogP) is 6.17. The molecule has 0 spiro atoms. The van der Waals surface area contributed by atoms with Gasteiger partial charge in [-0.25, -0.2) is 4.79 Å². The molecule has 0 unspecified atom stereocenters. The van der Waals surface area contributed by atoms with E-state index in [-0.39, 0.29) is 37.2 Å². The summed E-state index contributed by atoms with van der Waals surface area (Å²) in [7, 11) is 3.33. The van der Waals surface area contributed by atoms with E-state index in [1.54, 1.807) is 7.11 Å². The van der Waals surface area contributed by atoms with Crippen LogP contribution in [0.3, 0.4) is 0 Å². The largest absolute Gasteiger partial charge is 0.480 e. The van der Waals surface area contributed by atoms with Gasteiger partial charge in [-0.15, -0.1) is 0 Å². The Morgan fingerprint density at radius 2 is 1.56 bits per heavy atom. The fraction of sp³-hybridized carbons (Fsp3) is 0.789. The molecule has 2 fully saturated rings. The first kappa shape index (κ1) is 41.8. The maximum absolute atomic E-state index is 12.8. The number of amides is 1. The lowest BCUT2D eigenvalue weighted by Crippen LogP contribution is -2.57. The van der Waals surface area contributed by atoms with Gasteiger partial charge in [0.25, 0.3) is 11.7 Å². The fourth-order valence-electron chi connectivity index (χ4n) is 7.18. The van der Waals surface area contributed by atoms with Crippen LogP contribution < -0.4 is 0 Å². The van der Waals surface area contributed by atoms with Crippen LogP contribution in [-0.2, 0) is 28.7 Å². The molecule has 3 N–H and O–H groups in total. The summed E-state index contributed by atoms with van der Waals surface area (Å²) in [5.74, 6) is -7.00. The van der Waals surface area contributed by atoms with Gasteiger partial charge < -0.3 is 29.7 Å². The van der Waals surface area contributed by atoms with Crippen LogP contribution in [-0.4, -0.2) is 88.5 Å². The van der Waals surface area contributed by atoms with Gasteiger partial charge in [0, 0.05) is 39.0 Å². The Morgan fingerprint density at radius 1 is 0.896 bits per heavy atom. The molecule has 0 aromatic rings. The lowest BCUT2D eigenvalue weighted by Gasteiger charge is -2.35. The van der Waals surface area contributed by atoms with E-state index in [9.17, 15) is 34.5 Å². The van der Waals surface area contributed by atoms with Gasteiger partial charge in [0.05, 0.1) is 12.2 Å². The van der Waals surface area contributed by atoms with Gasteiger partial charge in [0.2, 0.25) is 5.79 Å². The topological polar surface area (TPSA) is 151 Å². The molecule has 10 heteroatoms. The highest BCUT2D eigenvalue weighted by Crippen LogP contribution is 2.29. The number of allylic oxidation sites excluding steroid dienone is 4. The average Bonchev–Trinajstić information content (AvgIpc) is 3.06. The number of rotatable bonds is 21. The molecule has 274 valence electrons. The van der Waals surface area contributed by atoms with Crippen molar-refractivity contribution < 1.29 is 44.0 Å². The van der Waals surface area contributed by atoms with Crippen molar-refractivity contribution >= 4 is 23.4 Å². The van der Waals surface area contributed by atoms with E-state index in [2.05, 4.69) is 19.1 Å². The molecular formula is C38H63NO9. The highest BCUT2D eigenvalue weighted by atomic mass is 16.5. The molecule has 1 aliphatic heterocycles. The van der Waals surface area contributed by atoms with Crippen LogP contribution in [0.2, 0.25) is 0 Å². The van der Waals surface area contributed by atoms with Gasteiger partial charge in [-0.2, -0.15) is 0 Å². The zero-order chi connectivity index (χ0) is 35.9. The summed E-state index contributed by atoms with van der Waals surface area (Å²) in [4.78, 5) is 50.9. The Labute approximate surface area is 288 Å². The smallest absolute Gasteiger partial charge is 0.326 e. The minimum absolute atomic E-state index is 0.0853. The molecule has 2 aliphatic rings. The number of nitrogens with zero attached hydrogens (tertiary/aromatic N) is 1. The van der Waals surface area contributed by atoms with E-state index in [1.807, 2.05) is 13.8 Å². The van der Waals surface area contributed by atoms with Crippen LogP contribution in [0.15, 0.2) is 23.3 Å². The highest BCUT2D eigenvalue weighted by molar-refractivity contribution is 6.39. The van der Waals surface area contributed by atoms with Crippen molar-refractivity contribution in [3.8, 4) is 0 Å². The van der Waals surface area contributed by atoms with Crippen molar-refractivity contribution in [2.24, 2.45) is 17.8 Å². The first-order valence-electron chi connectivity index (χ1n) is 18.2. The van der Waals surface area contributed by atoms with Crippen LogP contribution in [0, 0.1) is 17.8 Å². The number of ketones is 2. The molecule has 1 heterocycles. The van der Waals surface area contributed by atoms with Crippen LogP contribution in [0.5, 0.6) is 0 Å². The van der Waals surface area contributed by atoms with E-state index in [0.29, 0.717) is 37.7 Å². The number of aliphatic carboxylic acids is 1. The third kappa shape index (κ3) is 13.5. The van der Waals surface area contributed by atoms with Gasteiger partial charge >= 0.3 is 5.97 Å². The summed E-state index contributed by atoms with van der Waals surface area (Å²) in [6.45, 7) is 7.76. The maximum Gasteiger partial charge on any atom is 0.326 e. The van der Waals surface area contributed by atoms with E-state index >= 15 is 0 Å². The number of piperidine rings is 1. The van der Waals surface area contributed by atoms with Gasteiger partial charge in [0.1, 0.15) is 11.8 Å². The Balaban J connectivity index is 1.72. The van der Waals surface area contributed by atoms with Crippen molar-refractivity contribution in [2.45, 2.75) is 154 Å². The number of hydrogen-bond donors (Lipinski definition) is 3. The third-order valence-corrected chi connectivity index (χ3v) is 10.4. The molecule has 6 atom stereocenters. The Kier molecular flexibility index (Phi) is 18.2. The normalized spacial score (nSPS) is 23.0. The summed E-state index contributed by atoms with van der Waals surface area (Å²) in [5, 5.41) is 30.8. The molecule has 1 saturated carbocycles. The SMILES string of the molecule is CO[C@H](CCCC/C(C)=C/[C@H](C)C(=O)CCCC/C(C)=C/[C@@H]1CCC[C@H](OC)C1)C[C@@H](C)C(O)(O)C(=O)C(=O)N1CCCC[C@H]1C(=O)O. The van der Waals surface area contributed by atoms with Crippen molar-refractivity contribution in [1.29, 1.82) is 0 Å². The molecule has 1 aliphatic carbocycles. The molecular weight excluding hydrogens is 614 g/mol. The standard InChI is InChI=1S/C38H63NO9/c1-26(22-28(3)34(40)20-10-8-15-27(2)23-30-16-13-18-32(25-30)48-6)14-7-9-17-31(47-5)24-29(4)38(45,46)35(41)36(42)39-21-12-11-19-33(39)37(43)44/h22-23,28-33,45-46H,7-21,24-25H2,1-6H3,(H,43,44)/b26-22+,27-23+/t28-,29+,30-,31+,32-,33-/m0/s1. The van der Waals surface area contributed by atoms with E-state index < -0.39 is 35.4 Å². The molecule has 1 saturated heterocycles. The van der Waals surface area contributed by atoms with Crippen molar-refractivity contribution in [3.05, 3.63) is 23.3 Å². The molecule has 1 amide bonds. The monoisotopic (exact) mass is 677 g/mol. The third-order valence-electron chi connectivity index (χ3n) is 10.4. The molecule has 0 radical (unpaired) electrons. The number of carboxylic acids is 1. The minimum atomic E-state index is -2.94. The number of likely N-dealkylation sites (tertiary alicyclic amines) is 1. The van der Waals surface area contributed by atoms with Crippen molar-refractivity contribution in [1.82, 2.24) is 4.90 Å². The van der Waals surface area contributed by atoms with E-state index in [0.717, 1.165) is 61.8 Å². The second-order valence-corrected chi connectivity index (χ2v) is 14.4. The minimum Gasteiger partial charge on any atom is -0.480 e. The Hall–Kier alpha value is -2.40. The molecule has 0 aromatic carbocycles. The summed E-state index contributed by atoms with van der Waals surface area (Å²) < 4.78 is 11.1. The van der Waals surface area contributed by atoms with Crippen LogP contribution >= 0.6 is 0 Å². The zero-order valence-electron chi connectivity index (χ0n) is 30.4. The lowest BCUT2D eigenvalue weighted by molar-refractivity contribution is -0.207. The van der Waals surface area contributed by atoms with Crippen LogP contribution in [0.1, 0.15) is 130 Å². The molecule has 10 nitrogen and oxygen atoms in total. The molecule has 0 bridgehead atoms. The van der Waals surface area contributed by atoms with Crippen LogP contribution in [0.25, 0.3) is 0 Å². The Morgan fingerprint density at radius 3 is 2.23 bits per heavy atom. The van der Waals surface area contributed by atoms with Crippen LogP contribution in [0.4, 0.5) is 0 Å². The number of carboxylic acid groups (broad SMARTS) is 1. The second kappa shape index (κ2) is 21.0. The highest BCUT2D eigenvalue weighted by Gasteiger charge is 2.47.